The van der Waals surface area contributed by atoms with Gasteiger partial charge in [0.1, 0.15) is 0 Å². The summed E-state index contributed by atoms with van der Waals surface area (Å²) in [7, 11) is 0. The SMILES string of the molecule is O=C(CSCc1cccc(Br)c1)N/N=C\c1ccccc1. The Balaban J connectivity index is 1.69. The van der Waals surface area contributed by atoms with Crippen LogP contribution in [-0.4, -0.2) is 17.9 Å². The summed E-state index contributed by atoms with van der Waals surface area (Å²) in [6, 6.07) is 17.7. The average molecular weight is 363 g/mol. The molecule has 0 aliphatic rings. The van der Waals surface area contributed by atoms with Gasteiger partial charge in [0.05, 0.1) is 12.0 Å². The molecule has 2 aromatic rings. The number of halogens is 1. The molecular weight excluding hydrogens is 348 g/mol. The second-order valence-corrected chi connectivity index (χ2v) is 6.23. The Labute approximate surface area is 137 Å². The Bertz CT molecular complexity index is 617. The summed E-state index contributed by atoms with van der Waals surface area (Å²) in [6.07, 6.45) is 1.64. The minimum atomic E-state index is -0.0952. The molecular formula is C16H15BrN2OS. The van der Waals surface area contributed by atoms with Crippen LogP contribution in [0.4, 0.5) is 0 Å². The summed E-state index contributed by atoms with van der Waals surface area (Å²) in [5, 5.41) is 3.94. The second kappa shape index (κ2) is 8.64. The number of carbonyl (C=O) groups is 1. The van der Waals surface area contributed by atoms with E-state index in [0.29, 0.717) is 5.75 Å². The Morgan fingerprint density at radius 3 is 2.76 bits per heavy atom. The number of benzene rings is 2. The first-order chi connectivity index (χ1) is 10.2. The summed E-state index contributed by atoms with van der Waals surface area (Å²) in [5.74, 6) is 1.09. The Kier molecular flexibility index (Phi) is 6.50. The van der Waals surface area contributed by atoms with E-state index in [0.717, 1.165) is 15.8 Å². The quantitative estimate of drug-likeness (QED) is 0.626. The molecule has 2 rings (SSSR count). The molecule has 2 aromatic carbocycles. The van der Waals surface area contributed by atoms with Crippen molar-refractivity contribution in [2.45, 2.75) is 5.75 Å². The van der Waals surface area contributed by atoms with Gasteiger partial charge in [-0.2, -0.15) is 5.10 Å². The molecule has 0 saturated heterocycles. The van der Waals surface area contributed by atoms with Crippen LogP contribution in [0.1, 0.15) is 11.1 Å². The molecule has 0 fully saturated rings. The van der Waals surface area contributed by atoms with Crippen molar-refractivity contribution in [2.75, 3.05) is 5.75 Å². The zero-order valence-corrected chi connectivity index (χ0v) is 13.7. The lowest BCUT2D eigenvalue weighted by atomic mass is 10.2. The van der Waals surface area contributed by atoms with Gasteiger partial charge in [-0.05, 0) is 23.3 Å². The predicted molar refractivity (Wildman–Crippen MR) is 92.5 cm³/mol. The number of hydrogen-bond donors (Lipinski definition) is 1. The number of hydrogen-bond acceptors (Lipinski definition) is 3. The van der Waals surface area contributed by atoms with Gasteiger partial charge >= 0.3 is 0 Å². The van der Waals surface area contributed by atoms with Crippen LogP contribution in [0.3, 0.4) is 0 Å². The Hall–Kier alpha value is -1.59. The van der Waals surface area contributed by atoms with Crippen molar-refractivity contribution in [1.82, 2.24) is 5.43 Å². The topological polar surface area (TPSA) is 41.5 Å². The van der Waals surface area contributed by atoms with E-state index in [1.807, 2.05) is 48.5 Å². The van der Waals surface area contributed by atoms with Crippen molar-refractivity contribution in [1.29, 1.82) is 0 Å². The fourth-order valence-corrected chi connectivity index (χ4v) is 2.85. The molecule has 0 bridgehead atoms. The summed E-state index contributed by atoms with van der Waals surface area (Å²) in [5.41, 5.74) is 4.68. The minimum absolute atomic E-state index is 0.0952. The molecule has 108 valence electrons. The number of rotatable bonds is 6. The van der Waals surface area contributed by atoms with E-state index in [4.69, 9.17) is 0 Å². The van der Waals surface area contributed by atoms with Crippen LogP contribution in [0.15, 0.2) is 64.2 Å². The number of carbonyl (C=O) groups excluding carboxylic acids is 1. The van der Waals surface area contributed by atoms with Crippen molar-refractivity contribution >= 4 is 39.8 Å². The van der Waals surface area contributed by atoms with Gasteiger partial charge in [-0.3, -0.25) is 4.79 Å². The third-order valence-electron chi connectivity index (χ3n) is 2.59. The van der Waals surface area contributed by atoms with Gasteiger partial charge in [-0.15, -0.1) is 11.8 Å². The molecule has 0 aliphatic carbocycles. The maximum atomic E-state index is 11.6. The number of thioether (sulfide) groups is 1. The first kappa shape index (κ1) is 15.8. The predicted octanol–water partition coefficient (Wildman–Crippen LogP) is 3.83. The lowest BCUT2D eigenvalue weighted by molar-refractivity contribution is -0.118. The zero-order valence-electron chi connectivity index (χ0n) is 11.3. The van der Waals surface area contributed by atoms with E-state index in [2.05, 4.69) is 32.5 Å². The fraction of sp³-hybridized carbons (Fsp3) is 0.125. The number of nitrogens with one attached hydrogen (secondary N) is 1. The third-order valence-corrected chi connectivity index (χ3v) is 4.09. The van der Waals surface area contributed by atoms with E-state index in [9.17, 15) is 4.79 Å². The highest BCUT2D eigenvalue weighted by Crippen LogP contribution is 2.16. The van der Waals surface area contributed by atoms with Gasteiger partial charge in [-0.25, -0.2) is 5.43 Å². The molecule has 1 amide bonds. The summed E-state index contributed by atoms with van der Waals surface area (Å²) in [6.45, 7) is 0. The molecule has 0 atom stereocenters. The fourth-order valence-electron chi connectivity index (χ4n) is 1.64. The minimum Gasteiger partial charge on any atom is -0.272 e. The highest BCUT2D eigenvalue weighted by atomic mass is 79.9. The molecule has 3 nitrogen and oxygen atoms in total. The molecule has 0 aliphatic heterocycles. The van der Waals surface area contributed by atoms with E-state index >= 15 is 0 Å². The van der Waals surface area contributed by atoms with Crippen LogP contribution in [0.5, 0.6) is 0 Å². The van der Waals surface area contributed by atoms with Crippen molar-refractivity contribution in [3.63, 3.8) is 0 Å². The molecule has 21 heavy (non-hydrogen) atoms. The molecule has 0 aromatic heterocycles. The third kappa shape index (κ3) is 6.14. The lowest BCUT2D eigenvalue weighted by Crippen LogP contribution is -2.19. The van der Waals surface area contributed by atoms with E-state index in [1.54, 1.807) is 18.0 Å². The molecule has 5 heteroatoms. The maximum absolute atomic E-state index is 11.6. The van der Waals surface area contributed by atoms with Gasteiger partial charge in [-0.1, -0.05) is 58.4 Å². The van der Waals surface area contributed by atoms with Gasteiger partial charge in [0.2, 0.25) is 5.91 Å². The van der Waals surface area contributed by atoms with E-state index < -0.39 is 0 Å². The van der Waals surface area contributed by atoms with Crippen molar-refractivity contribution in [3.05, 3.63) is 70.2 Å². The van der Waals surface area contributed by atoms with Crippen LogP contribution < -0.4 is 5.43 Å². The van der Waals surface area contributed by atoms with Crippen molar-refractivity contribution in [3.8, 4) is 0 Å². The number of nitrogens with zero attached hydrogens (tertiary/aromatic N) is 1. The van der Waals surface area contributed by atoms with Crippen LogP contribution in [0.2, 0.25) is 0 Å². The largest absolute Gasteiger partial charge is 0.272 e. The standard InChI is InChI=1S/C16H15BrN2OS/c17-15-8-4-7-14(9-15)11-21-12-16(20)19-18-10-13-5-2-1-3-6-13/h1-10H,11-12H2,(H,19,20)/b18-10-. The normalized spacial score (nSPS) is 10.7. The number of hydrazone groups is 1. The first-order valence-electron chi connectivity index (χ1n) is 6.43. The molecule has 0 radical (unpaired) electrons. The molecule has 1 N–H and O–H groups in total. The molecule has 0 heterocycles. The maximum Gasteiger partial charge on any atom is 0.250 e. The summed E-state index contributed by atoms with van der Waals surface area (Å²) >= 11 is 4.99. The summed E-state index contributed by atoms with van der Waals surface area (Å²) < 4.78 is 1.05. The van der Waals surface area contributed by atoms with E-state index in [1.165, 1.54) is 5.56 Å². The highest BCUT2D eigenvalue weighted by Gasteiger charge is 2.01. The number of amides is 1. The zero-order chi connectivity index (χ0) is 14.9. The highest BCUT2D eigenvalue weighted by molar-refractivity contribution is 9.10. The van der Waals surface area contributed by atoms with Crippen LogP contribution in [-0.2, 0) is 10.5 Å². The van der Waals surface area contributed by atoms with Gasteiger partial charge in [0.15, 0.2) is 0 Å². The molecule has 0 saturated carbocycles. The monoisotopic (exact) mass is 362 g/mol. The average Bonchev–Trinajstić information content (AvgIpc) is 2.48. The second-order valence-electron chi connectivity index (χ2n) is 4.33. The Morgan fingerprint density at radius 1 is 1.19 bits per heavy atom. The Morgan fingerprint density at radius 2 is 2.00 bits per heavy atom. The van der Waals surface area contributed by atoms with Crippen LogP contribution in [0.25, 0.3) is 0 Å². The van der Waals surface area contributed by atoms with Gasteiger partial charge in [0, 0.05) is 10.2 Å². The lowest BCUT2D eigenvalue weighted by Gasteiger charge is -2.02. The molecule has 0 spiro atoms. The van der Waals surface area contributed by atoms with Crippen molar-refractivity contribution < 1.29 is 4.79 Å². The van der Waals surface area contributed by atoms with Gasteiger partial charge in [0.25, 0.3) is 0 Å². The summed E-state index contributed by atoms with van der Waals surface area (Å²) in [4.78, 5) is 11.6. The molecule has 0 unspecified atom stereocenters. The van der Waals surface area contributed by atoms with Crippen LogP contribution in [0, 0.1) is 0 Å². The van der Waals surface area contributed by atoms with Crippen molar-refractivity contribution in [2.24, 2.45) is 5.10 Å². The smallest absolute Gasteiger partial charge is 0.250 e. The first-order valence-corrected chi connectivity index (χ1v) is 8.38. The van der Waals surface area contributed by atoms with Gasteiger partial charge < -0.3 is 0 Å². The van der Waals surface area contributed by atoms with E-state index in [-0.39, 0.29) is 5.91 Å². The van der Waals surface area contributed by atoms with Crippen LogP contribution >= 0.6 is 27.7 Å².